The van der Waals surface area contributed by atoms with Crippen LogP contribution in [-0.4, -0.2) is 22.4 Å². The summed E-state index contributed by atoms with van der Waals surface area (Å²) in [6, 6.07) is 11.3. The van der Waals surface area contributed by atoms with Gasteiger partial charge < -0.3 is 14.5 Å². The number of nitrogens with zero attached hydrogens (tertiary/aromatic N) is 2. The lowest BCUT2D eigenvalue weighted by Gasteiger charge is -2.10. The Kier molecular flexibility index (Phi) is 3.55. The second-order valence-electron chi connectivity index (χ2n) is 5.12. The number of benzene rings is 1. The van der Waals surface area contributed by atoms with Gasteiger partial charge in [-0.1, -0.05) is 12.1 Å². The van der Waals surface area contributed by atoms with E-state index in [1.807, 2.05) is 60.8 Å². The number of aromatic nitrogens is 2. The molecular formula is C17H17N3O2. The van der Waals surface area contributed by atoms with Crippen molar-refractivity contribution in [2.24, 2.45) is 0 Å². The van der Waals surface area contributed by atoms with Gasteiger partial charge in [0.15, 0.2) is 5.69 Å². The van der Waals surface area contributed by atoms with Crippen molar-refractivity contribution in [1.82, 2.24) is 9.38 Å². The summed E-state index contributed by atoms with van der Waals surface area (Å²) in [5.74, 6) is 1.15. The summed E-state index contributed by atoms with van der Waals surface area (Å²) >= 11 is 0. The van der Waals surface area contributed by atoms with Crippen LogP contribution in [0.4, 0.5) is 5.69 Å². The van der Waals surface area contributed by atoms with Gasteiger partial charge in [0, 0.05) is 6.20 Å². The van der Waals surface area contributed by atoms with Crippen molar-refractivity contribution in [3.63, 3.8) is 0 Å². The van der Waals surface area contributed by atoms with Crippen LogP contribution in [0.3, 0.4) is 0 Å². The third-order valence-electron chi connectivity index (χ3n) is 3.54. The third kappa shape index (κ3) is 2.41. The van der Waals surface area contributed by atoms with E-state index < -0.39 is 0 Å². The number of pyridine rings is 1. The van der Waals surface area contributed by atoms with E-state index >= 15 is 0 Å². The molecule has 0 saturated heterocycles. The fourth-order valence-electron chi connectivity index (χ4n) is 2.46. The van der Waals surface area contributed by atoms with E-state index in [2.05, 4.69) is 10.3 Å². The molecule has 0 fully saturated rings. The molecule has 3 aromatic rings. The lowest BCUT2D eigenvalue weighted by molar-refractivity contribution is 0.102. The Balaban J connectivity index is 1.99. The Morgan fingerprint density at radius 2 is 2.05 bits per heavy atom. The highest BCUT2D eigenvalue weighted by atomic mass is 16.5. The highest BCUT2D eigenvalue weighted by Gasteiger charge is 2.17. The zero-order valence-electron chi connectivity index (χ0n) is 12.8. The maximum Gasteiger partial charge on any atom is 0.276 e. The monoisotopic (exact) mass is 295 g/mol. The zero-order valence-corrected chi connectivity index (χ0v) is 12.8. The van der Waals surface area contributed by atoms with E-state index in [-0.39, 0.29) is 5.91 Å². The Labute approximate surface area is 128 Å². The fraction of sp³-hybridized carbons (Fsp3) is 0.176. The summed E-state index contributed by atoms with van der Waals surface area (Å²) in [5.41, 5.74) is 2.87. The highest BCUT2D eigenvalue weighted by Crippen LogP contribution is 2.26. The van der Waals surface area contributed by atoms with Crippen LogP contribution in [0.1, 0.15) is 21.9 Å². The Bertz CT molecular complexity index is 852. The fourth-order valence-corrected chi connectivity index (χ4v) is 2.46. The number of amides is 1. The number of ether oxygens (including phenoxy) is 1. The molecule has 5 nitrogen and oxygen atoms in total. The van der Waals surface area contributed by atoms with Gasteiger partial charge in [0.1, 0.15) is 11.6 Å². The maximum atomic E-state index is 12.6. The lowest BCUT2D eigenvalue weighted by atomic mass is 10.2. The van der Waals surface area contributed by atoms with Crippen LogP contribution in [0.2, 0.25) is 0 Å². The van der Waals surface area contributed by atoms with E-state index in [1.165, 1.54) is 0 Å². The molecule has 2 heterocycles. The van der Waals surface area contributed by atoms with E-state index in [9.17, 15) is 4.79 Å². The normalized spacial score (nSPS) is 10.7. The van der Waals surface area contributed by atoms with Crippen LogP contribution < -0.4 is 10.1 Å². The van der Waals surface area contributed by atoms with Gasteiger partial charge in [0.05, 0.1) is 18.3 Å². The molecule has 1 N–H and O–H groups in total. The van der Waals surface area contributed by atoms with Gasteiger partial charge in [0.2, 0.25) is 0 Å². The van der Waals surface area contributed by atoms with Crippen molar-refractivity contribution >= 4 is 17.1 Å². The molecule has 0 bridgehead atoms. The molecule has 0 aliphatic rings. The predicted molar refractivity (Wildman–Crippen MR) is 85.6 cm³/mol. The second-order valence-corrected chi connectivity index (χ2v) is 5.12. The molecule has 1 aromatic carbocycles. The summed E-state index contributed by atoms with van der Waals surface area (Å²) in [6.07, 6.45) is 1.89. The van der Waals surface area contributed by atoms with Crippen molar-refractivity contribution in [3.05, 3.63) is 59.7 Å². The van der Waals surface area contributed by atoms with Crippen LogP contribution in [0, 0.1) is 13.8 Å². The SMILES string of the molecule is COc1ccc(C)cc1NC(=O)c1nc(C)n2ccccc12. The number of carbonyl (C=O) groups excluding carboxylic acids is 1. The van der Waals surface area contributed by atoms with Crippen molar-refractivity contribution in [1.29, 1.82) is 0 Å². The van der Waals surface area contributed by atoms with Crippen LogP contribution in [0.25, 0.3) is 5.52 Å². The first-order chi connectivity index (χ1) is 10.6. The van der Waals surface area contributed by atoms with E-state index in [4.69, 9.17) is 4.74 Å². The van der Waals surface area contributed by atoms with Gasteiger partial charge in [-0.05, 0) is 43.7 Å². The Morgan fingerprint density at radius 1 is 1.23 bits per heavy atom. The molecule has 112 valence electrons. The highest BCUT2D eigenvalue weighted by molar-refractivity contribution is 6.08. The molecule has 0 aliphatic carbocycles. The molecule has 0 saturated carbocycles. The van der Waals surface area contributed by atoms with Gasteiger partial charge >= 0.3 is 0 Å². The Morgan fingerprint density at radius 3 is 2.82 bits per heavy atom. The molecular weight excluding hydrogens is 278 g/mol. The Hall–Kier alpha value is -2.82. The molecule has 5 heteroatoms. The molecule has 0 radical (unpaired) electrons. The number of carbonyl (C=O) groups is 1. The van der Waals surface area contributed by atoms with Gasteiger partial charge in [-0.3, -0.25) is 4.79 Å². The van der Waals surface area contributed by atoms with Crippen LogP contribution in [0.15, 0.2) is 42.6 Å². The first-order valence-corrected chi connectivity index (χ1v) is 7.00. The number of aryl methyl sites for hydroxylation is 2. The molecule has 0 unspecified atom stereocenters. The molecule has 1 amide bonds. The number of hydrogen-bond acceptors (Lipinski definition) is 3. The summed E-state index contributed by atoms with van der Waals surface area (Å²) in [4.78, 5) is 17.0. The van der Waals surface area contributed by atoms with Gasteiger partial charge in [-0.15, -0.1) is 0 Å². The summed E-state index contributed by atoms with van der Waals surface area (Å²) in [7, 11) is 1.58. The maximum absolute atomic E-state index is 12.6. The molecule has 3 rings (SSSR count). The van der Waals surface area contributed by atoms with Gasteiger partial charge in [0.25, 0.3) is 5.91 Å². The van der Waals surface area contributed by atoms with Gasteiger partial charge in [-0.25, -0.2) is 4.98 Å². The van der Waals surface area contributed by atoms with Crippen molar-refractivity contribution in [2.45, 2.75) is 13.8 Å². The van der Waals surface area contributed by atoms with Crippen molar-refractivity contribution in [3.8, 4) is 5.75 Å². The van der Waals surface area contributed by atoms with E-state index in [0.717, 1.165) is 16.9 Å². The molecule has 0 atom stereocenters. The molecule has 2 aromatic heterocycles. The van der Waals surface area contributed by atoms with Crippen LogP contribution in [-0.2, 0) is 0 Å². The number of rotatable bonds is 3. The average Bonchev–Trinajstić information content (AvgIpc) is 2.85. The lowest BCUT2D eigenvalue weighted by Crippen LogP contribution is -2.13. The summed E-state index contributed by atoms with van der Waals surface area (Å²) < 4.78 is 7.18. The average molecular weight is 295 g/mol. The first-order valence-electron chi connectivity index (χ1n) is 7.00. The van der Waals surface area contributed by atoms with Crippen molar-refractivity contribution in [2.75, 3.05) is 12.4 Å². The number of nitrogens with one attached hydrogen (secondary N) is 1. The smallest absolute Gasteiger partial charge is 0.276 e. The number of hydrogen-bond donors (Lipinski definition) is 1. The van der Waals surface area contributed by atoms with E-state index in [1.54, 1.807) is 7.11 Å². The minimum absolute atomic E-state index is 0.249. The van der Waals surface area contributed by atoms with Gasteiger partial charge in [-0.2, -0.15) is 0 Å². The first kappa shape index (κ1) is 14.1. The van der Waals surface area contributed by atoms with Crippen LogP contribution in [0.5, 0.6) is 5.75 Å². The third-order valence-corrected chi connectivity index (χ3v) is 3.54. The molecule has 22 heavy (non-hydrogen) atoms. The quantitative estimate of drug-likeness (QED) is 0.807. The number of fused-ring (bicyclic) bond motifs is 1. The molecule has 0 aliphatic heterocycles. The minimum Gasteiger partial charge on any atom is -0.495 e. The summed E-state index contributed by atoms with van der Waals surface area (Å²) in [5, 5.41) is 2.88. The number of methoxy groups -OCH3 is 1. The number of anilines is 1. The largest absolute Gasteiger partial charge is 0.495 e. The predicted octanol–water partition coefficient (Wildman–Crippen LogP) is 3.21. The number of imidazole rings is 1. The van der Waals surface area contributed by atoms with Crippen molar-refractivity contribution < 1.29 is 9.53 Å². The topological polar surface area (TPSA) is 55.6 Å². The minimum atomic E-state index is -0.249. The second kappa shape index (κ2) is 5.52. The molecule has 0 spiro atoms. The zero-order chi connectivity index (χ0) is 15.7. The van der Waals surface area contributed by atoms with E-state index in [0.29, 0.717) is 17.1 Å². The summed E-state index contributed by atoms with van der Waals surface area (Å²) in [6.45, 7) is 3.84. The van der Waals surface area contributed by atoms with Crippen LogP contribution >= 0.6 is 0 Å². The standard InChI is InChI=1S/C17H17N3O2/c1-11-7-8-15(22-3)13(10-11)19-17(21)16-14-6-4-5-9-20(14)12(2)18-16/h4-10H,1-3H3,(H,19,21).